The predicted octanol–water partition coefficient (Wildman–Crippen LogP) is 5.36. The Morgan fingerprint density at radius 3 is 2.35 bits per heavy atom. The van der Waals surface area contributed by atoms with Crippen molar-refractivity contribution in [3.8, 4) is 0 Å². The van der Waals surface area contributed by atoms with Crippen molar-refractivity contribution in [3.05, 3.63) is 67.8 Å². The summed E-state index contributed by atoms with van der Waals surface area (Å²) in [5.41, 5.74) is 3.38. The molecule has 20 heavy (non-hydrogen) atoms. The van der Waals surface area contributed by atoms with Crippen LogP contribution in [0.3, 0.4) is 0 Å². The van der Waals surface area contributed by atoms with Gasteiger partial charge in [-0.2, -0.15) is 0 Å². The van der Waals surface area contributed by atoms with E-state index in [1.165, 1.54) is 16.5 Å². The maximum atomic E-state index is 10.7. The third-order valence-corrected chi connectivity index (χ3v) is 5.81. The standard InChI is InChI=1S/C17H15BrOS/c1-10-7-8-14(13-6-4-3-5-12(10)13)16(19)15-9-11(2)17(18)20-15/h3-9,16,19H,1-2H3. The smallest absolute Gasteiger partial charge is 0.114 e. The van der Waals surface area contributed by atoms with E-state index in [9.17, 15) is 5.11 Å². The van der Waals surface area contributed by atoms with E-state index in [2.05, 4.69) is 41.1 Å². The molecule has 0 spiro atoms. The van der Waals surface area contributed by atoms with Gasteiger partial charge in [-0.1, -0.05) is 36.4 Å². The molecule has 1 unspecified atom stereocenters. The zero-order chi connectivity index (χ0) is 14.3. The summed E-state index contributed by atoms with van der Waals surface area (Å²) >= 11 is 5.12. The summed E-state index contributed by atoms with van der Waals surface area (Å²) in [6, 6.07) is 14.4. The van der Waals surface area contributed by atoms with Gasteiger partial charge in [-0.05, 0) is 63.3 Å². The van der Waals surface area contributed by atoms with Crippen LogP contribution in [-0.2, 0) is 0 Å². The van der Waals surface area contributed by atoms with Crippen LogP contribution in [0.1, 0.15) is 27.7 Å². The first-order valence-electron chi connectivity index (χ1n) is 6.50. The molecule has 2 aromatic carbocycles. The Bertz CT molecular complexity index is 756. The van der Waals surface area contributed by atoms with Gasteiger partial charge in [0, 0.05) is 4.88 Å². The van der Waals surface area contributed by atoms with E-state index in [1.807, 2.05) is 31.2 Å². The van der Waals surface area contributed by atoms with Gasteiger partial charge in [-0.3, -0.25) is 0 Å². The molecule has 0 bridgehead atoms. The highest BCUT2D eigenvalue weighted by atomic mass is 79.9. The molecule has 0 aliphatic heterocycles. The highest BCUT2D eigenvalue weighted by Crippen LogP contribution is 2.37. The maximum Gasteiger partial charge on any atom is 0.114 e. The average molecular weight is 347 g/mol. The fraction of sp³-hybridized carbons (Fsp3) is 0.176. The van der Waals surface area contributed by atoms with E-state index >= 15 is 0 Å². The molecule has 102 valence electrons. The number of halogens is 1. The summed E-state index contributed by atoms with van der Waals surface area (Å²) in [6.07, 6.45) is -0.574. The molecule has 0 amide bonds. The molecule has 3 aromatic rings. The van der Waals surface area contributed by atoms with Gasteiger partial charge in [0.1, 0.15) is 6.10 Å². The predicted molar refractivity (Wildman–Crippen MR) is 89.5 cm³/mol. The summed E-state index contributed by atoms with van der Waals surface area (Å²) in [4.78, 5) is 0.975. The van der Waals surface area contributed by atoms with E-state index in [0.29, 0.717) is 0 Å². The number of hydrogen-bond acceptors (Lipinski definition) is 2. The Labute approximate surface area is 131 Å². The molecule has 1 N–H and O–H groups in total. The number of aliphatic hydroxyl groups excluding tert-OH is 1. The van der Waals surface area contributed by atoms with Gasteiger partial charge in [0.05, 0.1) is 3.79 Å². The first-order valence-corrected chi connectivity index (χ1v) is 8.11. The Hall–Kier alpha value is -1.16. The highest BCUT2D eigenvalue weighted by Gasteiger charge is 2.17. The maximum absolute atomic E-state index is 10.7. The zero-order valence-electron chi connectivity index (χ0n) is 11.4. The number of benzene rings is 2. The molecule has 1 atom stereocenters. The zero-order valence-corrected chi connectivity index (χ0v) is 13.8. The number of aryl methyl sites for hydroxylation is 2. The second-order valence-corrected chi connectivity index (χ2v) is 7.43. The molecule has 1 heterocycles. The average Bonchev–Trinajstić information content (AvgIpc) is 2.79. The minimum absolute atomic E-state index is 0.574. The van der Waals surface area contributed by atoms with Crippen LogP contribution < -0.4 is 0 Å². The summed E-state index contributed by atoms with van der Waals surface area (Å²) < 4.78 is 1.09. The van der Waals surface area contributed by atoms with Gasteiger partial charge < -0.3 is 5.11 Å². The minimum atomic E-state index is -0.574. The van der Waals surface area contributed by atoms with Crippen LogP contribution in [0.25, 0.3) is 10.8 Å². The third-order valence-electron chi connectivity index (χ3n) is 3.62. The number of rotatable bonds is 2. The SMILES string of the molecule is Cc1cc(C(O)c2ccc(C)c3ccccc23)sc1Br. The number of hydrogen-bond donors (Lipinski definition) is 1. The normalized spacial score (nSPS) is 12.8. The van der Waals surface area contributed by atoms with Gasteiger partial charge in [-0.25, -0.2) is 0 Å². The lowest BCUT2D eigenvalue weighted by atomic mass is 9.96. The van der Waals surface area contributed by atoms with Crippen molar-refractivity contribution in [2.75, 3.05) is 0 Å². The Morgan fingerprint density at radius 1 is 1.00 bits per heavy atom. The molecule has 0 fully saturated rings. The summed E-state index contributed by atoms with van der Waals surface area (Å²) in [6.45, 7) is 4.15. The van der Waals surface area contributed by atoms with Crippen molar-refractivity contribution in [2.45, 2.75) is 20.0 Å². The number of aliphatic hydroxyl groups is 1. The largest absolute Gasteiger partial charge is 0.383 e. The van der Waals surface area contributed by atoms with E-state index in [0.717, 1.165) is 19.6 Å². The Balaban J connectivity index is 2.17. The summed E-state index contributed by atoms with van der Waals surface area (Å²) in [5.74, 6) is 0. The second-order valence-electron chi connectivity index (χ2n) is 5.03. The van der Waals surface area contributed by atoms with Crippen LogP contribution in [0, 0.1) is 13.8 Å². The second kappa shape index (κ2) is 5.32. The fourth-order valence-corrected chi connectivity index (χ4v) is 4.06. The molecule has 3 rings (SSSR count). The molecule has 0 aliphatic carbocycles. The first-order chi connectivity index (χ1) is 9.58. The third kappa shape index (κ3) is 2.30. The van der Waals surface area contributed by atoms with Crippen molar-refractivity contribution in [1.29, 1.82) is 0 Å². The van der Waals surface area contributed by atoms with Gasteiger partial charge in [0.15, 0.2) is 0 Å². The fourth-order valence-electron chi connectivity index (χ4n) is 2.48. The first kappa shape index (κ1) is 13.8. The van der Waals surface area contributed by atoms with Gasteiger partial charge in [-0.15, -0.1) is 11.3 Å². The van der Waals surface area contributed by atoms with Crippen molar-refractivity contribution < 1.29 is 5.11 Å². The van der Waals surface area contributed by atoms with Gasteiger partial charge >= 0.3 is 0 Å². The van der Waals surface area contributed by atoms with Crippen LogP contribution in [0.4, 0.5) is 0 Å². The molecule has 1 aromatic heterocycles. The van der Waals surface area contributed by atoms with Gasteiger partial charge in [0.25, 0.3) is 0 Å². The molecule has 1 nitrogen and oxygen atoms in total. The van der Waals surface area contributed by atoms with Crippen LogP contribution in [-0.4, -0.2) is 5.11 Å². The van der Waals surface area contributed by atoms with Crippen LogP contribution in [0.2, 0.25) is 0 Å². The monoisotopic (exact) mass is 346 g/mol. The Morgan fingerprint density at radius 2 is 1.70 bits per heavy atom. The molecule has 0 radical (unpaired) electrons. The van der Waals surface area contributed by atoms with Crippen molar-refractivity contribution in [1.82, 2.24) is 0 Å². The molecular formula is C17H15BrOS. The number of fused-ring (bicyclic) bond motifs is 1. The van der Waals surface area contributed by atoms with E-state index in [4.69, 9.17) is 0 Å². The lowest BCUT2D eigenvalue weighted by molar-refractivity contribution is 0.225. The van der Waals surface area contributed by atoms with Crippen molar-refractivity contribution in [3.63, 3.8) is 0 Å². The summed E-state index contributed by atoms with van der Waals surface area (Å²) in [5, 5.41) is 13.0. The molecule has 3 heteroatoms. The number of thiophene rings is 1. The molecule has 0 aliphatic rings. The lowest BCUT2D eigenvalue weighted by Gasteiger charge is -2.13. The van der Waals surface area contributed by atoms with E-state index < -0.39 is 6.10 Å². The van der Waals surface area contributed by atoms with Crippen molar-refractivity contribution in [2.24, 2.45) is 0 Å². The lowest BCUT2D eigenvalue weighted by Crippen LogP contribution is -1.98. The van der Waals surface area contributed by atoms with Crippen LogP contribution >= 0.6 is 27.3 Å². The highest BCUT2D eigenvalue weighted by molar-refractivity contribution is 9.11. The molecular weight excluding hydrogens is 332 g/mol. The van der Waals surface area contributed by atoms with Crippen LogP contribution in [0.15, 0.2) is 46.3 Å². The van der Waals surface area contributed by atoms with Crippen LogP contribution in [0.5, 0.6) is 0 Å². The van der Waals surface area contributed by atoms with Crippen molar-refractivity contribution >= 4 is 38.0 Å². The topological polar surface area (TPSA) is 20.2 Å². The summed E-state index contributed by atoms with van der Waals surface area (Å²) in [7, 11) is 0. The molecule has 0 saturated heterocycles. The molecule has 0 saturated carbocycles. The Kier molecular flexibility index (Phi) is 3.67. The van der Waals surface area contributed by atoms with E-state index in [-0.39, 0.29) is 0 Å². The van der Waals surface area contributed by atoms with E-state index in [1.54, 1.807) is 11.3 Å². The quantitative estimate of drug-likeness (QED) is 0.661. The van der Waals surface area contributed by atoms with Gasteiger partial charge in [0.2, 0.25) is 0 Å². The minimum Gasteiger partial charge on any atom is -0.383 e.